The van der Waals surface area contributed by atoms with Crippen LogP contribution in [0.2, 0.25) is 5.02 Å². The average Bonchev–Trinajstić information content (AvgIpc) is 3.16. The number of hydrogen-bond donors (Lipinski definition) is 1. The minimum atomic E-state index is -0.319. The van der Waals surface area contributed by atoms with Gasteiger partial charge in [-0.2, -0.15) is 10.1 Å². The van der Waals surface area contributed by atoms with Crippen LogP contribution in [-0.4, -0.2) is 40.2 Å². The molecule has 3 aromatic rings. The highest BCUT2D eigenvalue weighted by Gasteiger charge is 2.34. The molecule has 0 spiro atoms. The predicted molar refractivity (Wildman–Crippen MR) is 109 cm³/mol. The average molecular weight is 412 g/mol. The van der Waals surface area contributed by atoms with Crippen molar-refractivity contribution in [2.75, 3.05) is 23.9 Å². The quantitative estimate of drug-likeness (QED) is 0.710. The zero-order valence-corrected chi connectivity index (χ0v) is 16.6. The lowest BCUT2D eigenvalue weighted by atomic mass is 10.1. The highest BCUT2D eigenvalue weighted by atomic mass is 35.5. The molecule has 29 heavy (non-hydrogen) atoms. The van der Waals surface area contributed by atoms with Crippen molar-refractivity contribution >= 4 is 34.9 Å². The summed E-state index contributed by atoms with van der Waals surface area (Å²) < 4.78 is 6.78. The maximum atomic E-state index is 13.2. The van der Waals surface area contributed by atoms with Gasteiger partial charge in [0.2, 0.25) is 5.88 Å². The van der Waals surface area contributed by atoms with Crippen LogP contribution < -0.4 is 15.0 Å². The molecule has 1 aliphatic rings. The largest absolute Gasteiger partial charge is 0.480 e. The van der Waals surface area contributed by atoms with Crippen LogP contribution in [0.25, 0.3) is 0 Å². The van der Waals surface area contributed by atoms with Gasteiger partial charge in [0, 0.05) is 12.1 Å². The molecule has 1 aromatic carbocycles. The Morgan fingerprint density at radius 1 is 1.24 bits per heavy atom. The molecule has 3 heterocycles. The predicted octanol–water partition coefficient (Wildman–Crippen LogP) is 3.41. The molecule has 8 nitrogen and oxygen atoms in total. The molecule has 0 bridgehead atoms. The molecule has 2 amide bonds. The normalized spacial score (nSPS) is 15.8. The first kappa shape index (κ1) is 18.9. The van der Waals surface area contributed by atoms with Gasteiger partial charge in [-0.15, -0.1) is 0 Å². The van der Waals surface area contributed by atoms with E-state index in [1.807, 2.05) is 13.0 Å². The number of ether oxygens (including phenoxy) is 1. The van der Waals surface area contributed by atoms with Crippen molar-refractivity contribution in [3.63, 3.8) is 0 Å². The molecule has 0 radical (unpaired) electrons. The lowest BCUT2D eigenvalue weighted by Crippen LogP contribution is -2.43. The summed E-state index contributed by atoms with van der Waals surface area (Å²) in [5.74, 6) is 0.0169. The third kappa shape index (κ3) is 3.42. The summed E-state index contributed by atoms with van der Waals surface area (Å²) in [5, 5.41) is 7.44. The second-order valence-corrected chi connectivity index (χ2v) is 7.00. The van der Waals surface area contributed by atoms with E-state index in [1.165, 1.54) is 18.2 Å². The summed E-state index contributed by atoms with van der Waals surface area (Å²) in [6, 6.07) is 11.9. The first-order chi connectivity index (χ1) is 14.0. The maximum Gasteiger partial charge on any atom is 0.279 e. The Balaban J connectivity index is 1.67. The van der Waals surface area contributed by atoms with Crippen LogP contribution in [0, 0.1) is 0 Å². The molecule has 0 unspecified atom stereocenters. The number of anilines is 2. The lowest BCUT2D eigenvalue weighted by molar-refractivity contribution is 0.0953. The Hall–Kier alpha value is -3.39. The van der Waals surface area contributed by atoms with E-state index in [2.05, 4.69) is 15.4 Å². The van der Waals surface area contributed by atoms with Crippen molar-refractivity contribution in [2.24, 2.45) is 0 Å². The molecule has 148 valence electrons. The van der Waals surface area contributed by atoms with Gasteiger partial charge in [0.1, 0.15) is 10.8 Å². The van der Waals surface area contributed by atoms with Gasteiger partial charge in [-0.05, 0) is 31.2 Å². The van der Waals surface area contributed by atoms with Gasteiger partial charge < -0.3 is 10.1 Å². The van der Waals surface area contributed by atoms with E-state index in [9.17, 15) is 9.59 Å². The Labute approximate surface area is 172 Å². The molecule has 9 heteroatoms. The van der Waals surface area contributed by atoms with E-state index in [4.69, 9.17) is 16.3 Å². The Kier molecular flexibility index (Phi) is 4.94. The number of carbonyl (C=O) groups excluding carboxylic acids is 2. The smallest absolute Gasteiger partial charge is 0.279 e. The highest BCUT2D eigenvalue weighted by molar-refractivity contribution is 6.31. The number of hydrogen-bond acceptors (Lipinski definition) is 5. The second-order valence-electron chi connectivity index (χ2n) is 6.60. The zero-order valence-electron chi connectivity index (χ0n) is 15.8. The van der Waals surface area contributed by atoms with Crippen LogP contribution in [0.15, 0.2) is 48.7 Å². The number of aromatic nitrogens is 3. The van der Waals surface area contributed by atoms with Crippen molar-refractivity contribution in [3.05, 3.63) is 64.9 Å². The third-order valence-corrected chi connectivity index (χ3v) is 4.95. The molecule has 0 saturated heterocycles. The van der Waals surface area contributed by atoms with Crippen LogP contribution in [0.3, 0.4) is 0 Å². The summed E-state index contributed by atoms with van der Waals surface area (Å²) in [4.78, 5) is 31.6. The number of nitrogens with zero attached hydrogens (tertiary/aromatic N) is 4. The molecule has 1 atom stereocenters. The molecule has 4 rings (SSSR count). The van der Waals surface area contributed by atoms with Gasteiger partial charge in [-0.25, -0.2) is 0 Å². The first-order valence-corrected chi connectivity index (χ1v) is 9.33. The number of halogens is 1. The molecular formula is C20H18ClN5O3. The van der Waals surface area contributed by atoms with Gasteiger partial charge >= 0.3 is 0 Å². The maximum absolute atomic E-state index is 13.2. The van der Waals surface area contributed by atoms with Gasteiger partial charge in [0.15, 0.2) is 5.69 Å². The first-order valence-electron chi connectivity index (χ1n) is 8.96. The number of pyridine rings is 1. The van der Waals surface area contributed by atoms with Crippen LogP contribution >= 0.6 is 11.6 Å². The van der Waals surface area contributed by atoms with E-state index in [0.29, 0.717) is 34.3 Å². The minimum Gasteiger partial charge on any atom is -0.480 e. The molecule has 0 fully saturated rings. The summed E-state index contributed by atoms with van der Waals surface area (Å²) in [6.45, 7) is 2.31. The zero-order chi connectivity index (χ0) is 20.5. The molecule has 2 aromatic heterocycles. The Morgan fingerprint density at radius 2 is 2.00 bits per heavy atom. The Morgan fingerprint density at radius 3 is 2.72 bits per heavy atom. The summed E-state index contributed by atoms with van der Waals surface area (Å²) in [5.41, 5.74) is 1.13. The monoisotopic (exact) mass is 411 g/mol. The molecule has 0 saturated carbocycles. The number of nitrogens with one attached hydrogen (secondary N) is 1. The van der Waals surface area contributed by atoms with Crippen LogP contribution in [0.5, 0.6) is 5.88 Å². The van der Waals surface area contributed by atoms with Crippen molar-refractivity contribution in [1.82, 2.24) is 14.8 Å². The van der Waals surface area contributed by atoms with Crippen molar-refractivity contribution in [1.29, 1.82) is 0 Å². The number of fused-ring (bicyclic) bond motifs is 1. The fourth-order valence-electron chi connectivity index (χ4n) is 3.24. The van der Waals surface area contributed by atoms with E-state index >= 15 is 0 Å². The molecule has 0 aliphatic carbocycles. The fraction of sp³-hybridized carbons (Fsp3) is 0.200. The molecular weight excluding hydrogens is 394 g/mol. The molecule has 1 aliphatic heterocycles. The van der Waals surface area contributed by atoms with Gasteiger partial charge in [-0.3, -0.25) is 19.2 Å². The second kappa shape index (κ2) is 7.56. The number of methoxy groups -OCH3 is 1. The topological polar surface area (TPSA) is 89.3 Å². The standard InChI is InChI=1S/C20H18ClN5O3/c1-12-11-25(16-9-8-14(21)19(24-16)29-2)20(28)17-15(10-22-26(12)17)23-18(27)13-6-4-3-5-7-13/h3-10,12H,11H2,1-2H3,(H,23,27)/t12-/m0/s1. The molecule has 1 N–H and O–H groups in total. The summed E-state index contributed by atoms with van der Waals surface area (Å²) >= 11 is 6.05. The highest BCUT2D eigenvalue weighted by Crippen LogP contribution is 2.32. The number of benzene rings is 1. The van der Waals surface area contributed by atoms with E-state index in [1.54, 1.807) is 41.1 Å². The minimum absolute atomic E-state index is 0.117. The van der Waals surface area contributed by atoms with Crippen molar-refractivity contribution in [3.8, 4) is 5.88 Å². The lowest BCUT2D eigenvalue weighted by Gasteiger charge is -2.31. The van der Waals surface area contributed by atoms with Gasteiger partial charge in [-0.1, -0.05) is 29.8 Å². The van der Waals surface area contributed by atoms with Crippen molar-refractivity contribution in [2.45, 2.75) is 13.0 Å². The van der Waals surface area contributed by atoms with Crippen LogP contribution in [0.1, 0.15) is 33.8 Å². The summed E-state index contributed by atoms with van der Waals surface area (Å²) in [7, 11) is 1.46. The van der Waals surface area contributed by atoms with E-state index in [0.717, 1.165) is 0 Å². The Bertz CT molecular complexity index is 1080. The SMILES string of the molecule is COc1nc(N2C[C@H](C)n3ncc(NC(=O)c4ccccc4)c3C2=O)ccc1Cl. The number of amides is 2. The van der Waals surface area contributed by atoms with Gasteiger partial charge in [0.05, 0.1) is 25.0 Å². The third-order valence-electron chi connectivity index (χ3n) is 4.66. The summed E-state index contributed by atoms with van der Waals surface area (Å²) in [6.07, 6.45) is 1.49. The number of carbonyl (C=O) groups is 2. The van der Waals surface area contributed by atoms with E-state index < -0.39 is 0 Å². The van der Waals surface area contributed by atoms with Crippen molar-refractivity contribution < 1.29 is 14.3 Å². The fourth-order valence-corrected chi connectivity index (χ4v) is 3.42. The number of rotatable bonds is 4. The van der Waals surface area contributed by atoms with Crippen LogP contribution in [-0.2, 0) is 0 Å². The van der Waals surface area contributed by atoms with Crippen LogP contribution in [0.4, 0.5) is 11.5 Å². The van der Waals surface area contributed by atoms with Gasteiger partial charge in [0.25, 0.3) is 11.8 Å². The van der Waals surface area contributed by atoms with E-state index in [-0.39, 0.29) is 23.7 Å².